The minimum atomic E-state index is -1.69. The molecule has 0 aliphatic carbocycles. The van der Waals surface area contributed by atoms with Crippen molar-refractivity contribution >= 4 is 39.8 Å². The number of hydrogen-bond donors (Lipinski definition) is 0. The second-order valence-corrected chi connectivity index (χ2v) is 11.1. The highest BCUT2D eigenvalue weighted by atomic mass is 79.9. The fourth-order valence-corrected chi connectivity index (χ4v) is 5.23. The summed E-state index contributed by atoms with van der Waals surface area (Å²) in [5.74, 6) is -2.75. The van der Waals surface area contributed by atoms with Gasteiger partial charge in [0.05, 0.1) is 22.3 Å². The summed E-state index contributed by atoms with van der Waals surface area (Å²) in [6.07, 6.45) is -3.75. The van der Waals surface area contributed by atoms with E-state index in [-0.39, 0.29) is 17.7 Å². The number of carbonyl (C=O) groups excluding carboxylic acids is 4. The van der Waals surface area contributed by atoms with Gasteiger partial charge in [-0.15, -0.1) is 0 Å². The molecule has 5 rings (SSSR count). The standard InChI is InChI=1S/C34H27BrO9/c35-34(22-41-31(37)24-15-7-2-8-16-24)29(43-33(39)26-19-11-4-12-20-26)28(42-32(38)25-17-9-3-10-18-25)27(44-34)21-40-30(36)23-13-5-1-6-14-23/h1-20,27-29H,21-22H2/t27-,28+,29?,34?/m1/s1. The van der Waals surface area contributed by atoms with Gasteiger partial charge in [-0.25, -0.2) is 19.2 Å². The molecule has 4 aromatic carbocycles. The van der Waals surface area contributed by atoms with Crippen molar-refractivity contribution in [3.8, 4) is 0 Å². The van der Waals surface area contributed by atoms with Crippen LogP contribution in [0, 0.1) is 0 Å². The van der Waals surface area contributed by atoms with E-state index in [1.54, 1.807) is 121 Å². The first kappa shape index (κ1) is 30.7. The first-order valence-corrected chi connectivity index (χ1v) is 14.5. The van der Waals surface area contributed by atoms with E-state index in [4.69, 9.17) is 23.7 Å². The van der Waals surface area contributed by atoms with Crippen LogP contribution in [0.2, 0.25) is 0 Å². The van der Waals surface area contributed by atoms with E-state index >= 15 is 0 Å². The Balaban J connectivity index is 1.44. The van der Waals surface area contributed by atoms with Crippen LogP contribution in [0.15, 0.2) is 121 Å². The summed E-state index contributed by atoms with van der Waals surface area (Å²) in [7, 11) is 0. The Morgan fingerprint density at radius 2 is 0.955 bits per heavy atom. The summed E-state index contributed by atoms with van der Waals surface area (Å²) in [5, 5.41) is 0. The van der Waals surface area contributed by atoms with Gasteiger partial charge in [0.1, 0.15) is 19.3 Å². The van der Waals surface area contributed by atoms with Gasteiger partial charge in [-0.1, -0.05) is 72.8 Å². The van der Waals surface area contributed by atoms with Crippen molar-refractivity contribution in [1.82, 2.24) is 0 Å². The van der Waals surface area contributed by atoms with Crippen molar-refractivity contribution in [2.45, 2.75) is 22.8 Å². The average Bonchev–Trinajstić information content (AvgIpc) is 3.33. The van der Waals surface area contributed by atoms with Crippen LogP contribution in [0.1, 0.15) is 41.4 Å². The van der Waals surface area contributed by atoms with Crippen molar-refractivity contribution in [1.29, 1.82) is 0 Å². The van der Waals surface area contributed by atoms with Gasteiger partial charge in [0.2, 0.25) is 0 Å². The Hall–Kier alpha value is -4.80. The fourth-order valence-electron chi connectivity index (χ4n) is 4.52. The number of esters is 4. The van der Waals surface area contributed by atoms with E-state index in [0.29, 0.717) is 11.1 Å². The van der Waals surface area contributed by atoms with E-state index in [2.05, 4.69) is 15.9 Å². The lowest BCUT2D eigenvalue weighted by atomic mass is 10.1. The van der Waals surface area contributed by atoms with E-state index in [9.17, 15) is 19.2 Å². The van der Waals surface area contributed by atoms with Crippen molar-refractivity contribution in [2.24, 2.45) is 0 Å². The molecule has 0 aromatic heterocycles. The van der Waals surface area contributed by atoms with Crippen LogP contribution in [0.3, 0.4) is 0 Å². The number of hydrogen-bond acceptors (Lipinski definition) is 9. The van der Waals surface area contributed by atoms with Crippen molar-refractivity contribution in [2.75, 3.05) is 13.2 Å². The normalized spacial score (nSPS) is 20.7. The second kappa shape index (κ2) is 14.1. The molecule has 4 aromatic rings. The molecule has 0 radical (unpaired) electrons. The van der Waals surface area contributed by atoms with Gasteiger partial charge in [0.15, 0.2) is 16.7 Å². The van der Waals surface area contributed by atoms with Crippen molar-refractivity contribution < 1.29 is 42.9 Å². The van der Waals surface area contributed by atoms with E-state index in [1.807, 2.05) is 0 Å². The third-order valence-electron chi connectivity index (χ3n) is 6.73. The zero-order chi connectivity index (χ0) is 30.9. The zero-order valence-electron chi connectivity index (χ0n) is 23.2. The molecule has 2 unspecified atom stereocenters. The topological polar surface area (TPSA) is 114 Å². The highest BCUT2D eigenvalue weighted by Crippen LogP contribution is 2.41. The minimum absolute atomic E-state index is 0.232. The largest absolute Gasteiger partial charge is 0.459 e. The minimum Gasteiger partial charge on any atom is -0.459 e. The van der Waals surface area contributed by atoms with Crippen LogP contribution in [-0.2, 0) is 23.7 Å². The molecule has 0 saturated carbocycles. The number of ether oxygens (including phenoxy) is 5. The number of benzene rings is 4. The SMILES string of the molecule is O=C(OC[C@H]1OC(Br)(COC(=O)c2ccccc2)C(OC(=O)c2ccccc2)[C@H]1OC(=O)c1ccccc1)c1ccccc1. The van der Waals surface area contributed by atoms with Crippen LogP contribution in [0.25, 0.3) is 0 Å². The number of alkyl halides is 1. The van der Waals surface area contributed by atoms with Gasteiger partial charge in [-0.3, -0.25) is 0 Å². The molecule has 0 spiro atoms. The lowest BCUT2D eigenvalue weighted by Gasteiger charge is -2.29. The van der Waals surface area contributed by atoms with Gasteiger partial charge < -0.3 is 23.7 Å². The smallest absolute Gasteiger partial charge is 0.338 e. The van der Waals surface area contributed by atoms with Crippen LogP contribution in [-0.4, -0.2) is 59.9 Å². The van der Waals surface area contributed by atoms with E-state index in [1.165, 1.54) is 0 Å². The highest BCUT2D eigenvalue weighted by molar-refractivity contribution is 9.10. The summed E-state index contributed by atoms with van der Waals surface area (Å²) >= 11 is 3.49. The van der Waals surface area contributed by atoms with Crippen LogP contribution < -0.4 is 0 Å². The Bertz CT molecular complexity index is 1580. The lowest BCUT2D eigenvalue weighted by Crippen LogP contribution is -2.47. The van der Waals surface area contributed by atoms with Crippen molar-refractivity contribution in [3.05, 3.63) is 144 Å². The molecule has 10 heteroatoms. The number of rotatable bonds is 10. The van der Waals surface area contributed by atoms with Crippen molar-refractivity contribution in [3.63, 3.8) is 0 Å². The van der Waals surface area contributed by atoms with Gasteiger partial charge >= 0.3 is 23.9 Å². The van der Waals surface area contributed by atoms with Crippen LogP contribution in [0.5, 0.6) is 0 Å². The average molecular weight is 659 g/mol. The summed E-state index contributed by atoms with van der Waals surface area (Å²) in [6.45, 7) is -0.824. The molecule has 0 amide bonds. The van der Waals surface area contributed by atoms with Crippen LogP contribution >= 0.6 is 15.9 Å². The van der Waals surface area contributed by atoms with Crippen LogP contribution in [0.4, 0.5) is 0 Å². The molecule has 1 saturated heterocycles. The molecule has 0 bridgehead atoms. The zero-order valence-corrected chi connectivity index (χ0v) is 24.8. The summed E-state index contributed by atoms with van der Waals surface area (Å²) in [6, 6.07) is 33.1. The molecule has 9 nitrogen and oxygen atoms in total. The molecule has 1 aliphatic rings. The molecular weight excluding hydrogens is 632 g/mol. The predicted molar refractivity (Wildman–Crippen MR) is 161 cm³/mol. The predicted octanol–water partition coefficient (Wildman–Crippen LogP) is 5.64. The first-order chi connectivity index (χ1) is 21.3. The third-order valence-corrected chi connectivity index (χ3v) is 7.60. The maximum absolute atomic E-state index is 13.3. The molecule has 1 fully saturated rings. The molecule has 0 N–H and O–H groups in total. The molecule has 4 atom stereocenters. The first-order valence-electron chi connectivity index (χ1n) is 13.7. The summed E-state index contributed by atoms with van der Waals surface area (Å²) in [5.41, 5.74) is 1.07. The van der Waals surface area contributed by atoms with Gasteiger partial charge in [-0.2, -0.15) is 0 Å². The number of halogens is 1. The monoisotopic (exact) mass is 658 g/mol. The molecule has 224 valence electrons. The third kappa shape index (κ3) is 7.39. The van der Waals surface area contributed by atoms with E-state index < -0.39 is 53.3 Å². The molecule has 1 aliphatic heterocycles. The van der Waals surface area contributed by atoms with Gasteiger partial charge in [-0.05, 0) is 64.5 Å². The quantitative estimate of drug-likeness (QED) is 0.121. The molecule has 1 heterocycles. The Morgan fingerprint density at radius 1 is 0.568 bits per heavy atom. The van der Waals surface area contributed by atoms with Gasteiger partial charge in [0.25, 0.3) is 0 Å². The van der Waals surface area contributed by atoms with Gasteiger partial charge in [0, 0.05) is 0 Å². The summed E-state index contributed by atoms with van der Waals surface area (Å²) in [4.78, 5) is 52.1. The number of carbonyl (C=O) groups is 4. The molecular formula is C34H27BrO9. The Kier molecular flexibility index (Phi) is 9.83. The highest BCUT2D eigenvalue weighted by Gasteiger charge is 2.59. The summed E-state index contributed by atoms with van der Waals surface area (Å²) < 4.78 is 27.4. The second-order valence-electron chi connectivity index (χ2n) is 9.78. The lowest BCUT2D eigenvalue weighted by molar-refractivity contribution is -0.0687. The molecule has 44 heavy (non-hydrogen) atoms. The Labute approximate surface area is 261 Å². The maximum Gasteiger partial charge on any atom is 0.338 e. The Morgan fingerprint density at radius 3 is 1.41 bits per heavy atom. The fraction of sp³-hybridized carbons (Fsp3) is 0.176. The van der Waals surface area contributed by atoms with E-state index in [0.717, 1.165) is 0 Å². The maximum atomic E-state index is 13.3.